The van der Waals surface area contributed by atoms with Crippen LogP contribution in [0, 0.1) is 9.82 Å². The summed E-state index contributed by atoms with van der Waals surface area (Å²) in [6, 6.07) is 11.7. The third-order valence-electron chi connectivity index (χ3n) is 3.44. The Morgan fingerprint density at radius 1 is 1.15 bits per heavy atom. The van der Waals surface area contributed by atoms with Crippen LogP contribution in [0.25, 0.3) is 16.6 Å². The van der Waals surface area contributed by atoms with Gasteiger partial charge in [-0.3, -0.25) is 0 Å². The van der Waals surface area contributed by atoms with Crippen molar-refractivity contribution in [2.45, 2.75) is 0 Å². The summed E-state index contributed by atoms with van der Waals surface area (Å²) >= 11 is 2.41. The third-order valence-corrected chi connectivity index (χ3v) is 4.13. The Morgan fingerprint density at radius 2 is 1.95 bits per heavy atom. The Bertz CT molecular complexity index is 962. The summed E-state index contributed by atoms with van der Waals surface area (Å²) < 4.78 is 16.0. The van der Waals surface area contributed by atoms with Gasteiger partial charge in [-0.25, -0.2) is 0 Å². The zero-order chi connectivity index (χ0) is 13.9. The fourth-order valence-electron chi connectivity index (χ4n) is 2.53. The first kappa shape index (κ1) is 11.8. The molecule has 0 spiro atoms. The van der Waals surface area contributed by atoms with Crippen molar-refractivity contribution in [2.75, 3.05) is 0 Å². The Hall–Kier alpha value is -2.04. The maximum atomic E-state index is 13.4. The van der Waals surface area contributed by atoms with Crippen molar-refractivity contribution in [2.24, 2.45) is 0 Å². The number of fused-ring (bicyclic) bond motifs is 4. The number of rotatable bonds is 0. The zero-order valence-electron chi connectivity index (χ0n) is 10.2. The van der Waals surface area contributed by atoms with Crippen LogP contribution in [0.2, 0.25) is 0 Å². The van der Waals surface area contributed by atoms with Crippen molar-refractivity contribution >= 4 is 16.7 Å². The Morgan fingerprint density at radius 3 is 2.80 bits per heavy atom. The van der Waals surface area contributed by atoms with Gasteiger partial charge >= 0.3 is 122 Å². The summed E-state index contributed by atoms with van der Waals surface area (Å²) in [5.41, 5.74) is 2.04. The van der Waals surface area contributed by atoms with E-state index in [-0.39, 0.29) is 11.6 Å². The zero-order valence-corrected chi connectivity index (χ0v) is 11.6. The second kappa shape index (κ2) is 3.98. The van der Waals surface area contributed by atoms with E-state index in [1.165, 1.54) is 12.1 Å². The first-order chi connectivity index (χ1) is 9.66. The quantitative estimate of drug-likeness (QED) is 0.500. The van der Waals surface area contributed by atoms with Crippen LogP contribution in [0.1, 0.15) is 16.2 Å². The van der Waals surface area contributed by atoms with Gasteiger partial charge in [0, 0.05) is 0 Å². The van der Waals surface area contributed by atoms with E-state index in [4.69, 9.17) is 0 Å². The predicted octanol–water partition coefficient (Wildman–Crippen LogP) is 2.79. The number of halogens is 1. The van der Waals surface area contributed by atoms with E-state index in [9.17, 15) is 9.18 Å². The molecule has 2 heterocycles. The average molecular weight is 301 g/mol. The van der Waals surface area contributed by atoms with Crippen molar-refractivity contribution in [3.05, 3.63) is 63.7 Å². The van der Waals surface area contributed by atoms with Crippen molar-refractivity contribution in [3.8, 4) is 5.69 Å². The molecule has 0 fully saturated rings. The van der Waals surface area contributed by atoms with Crippen LogP contribution >= 0.6 is 0 Å². The molecule has 0 saturated carbocycles. The molecule has 0 aliphatic carbocycles. The summed E-state index contributed by atoms with van der Waals surface area (Å²) in [6.45, 7) is 0. The maximum absolute atomic E-state index is 13.4. The standard InChI is InChI=1S/C15H7FN2O.V/c16-10-5-6-12-9(7-10)8-18-13-4-2-1-3-11(13)14(19)15(18)17-12;/h1-7H;. The van der Waals surface area contributed by atoms with Gasteiger partial charge in [-0.15, -0.1) is 0 Å². The minimum atomic E-state index is -0.315. The SMILES string of the molecule is O=C1c2ccccc2-n2c1nc1ccc(F)cc1[c]2=[V]. The van der Waals surface area contributed by atoms with Crippen molar-refractivity contribution in [3.63, 3.8) is 0 Å². The van der Waals surface area contributed by atoms with Crippen LogP contribution in [0.4, 0.5) is 4.39 Å². The van der Waals surface area contributed by atoms with Gasteiger partial charge in [0.25, 0.3) is 0 Å². The van der Waals surface area contributed by atoms with Gasteiger partial charge in [0.1, 0.15) is 0 Å². The van der Waals surface area contributed by atoms with E-state index >= 15 is 0 Å². The summed E-state index contributed by atoms with van der Waals surface area (Å²) in [5, 5.41) is 0.693. The van der Waals surface area contributed by atoms with Gasteiger partial charge in [0.05, 0.1) is 0 Å². The molecular formula is C15H7FN2OV. The Balaban J connectivity index is 2.21. The first-order valence-corrected chi connectivity index (χ1v) is 6.75. The molecule has 0 bridgehead atoms. The molecule has 3 nitrogen and oxygen atoms in total. The molecule has 5 heteroatoms. The van der Waals surface area contributed by atoms with Crippen LogP contribution < -0.4 is 0 Å². The monoisotopic (exact) mass is 301 g/mol. The summed E-state index contributed by atoms with van der Waals surface area (Å²) in [6.07, 6.45) is 0. The van der Waals surface area contributed by atoms with E-state index in [0.717, 1.165) is 9.69 Å². The Labute approximate surface area is 122 Å². The van der Waals surface area contributed by atoms with E-state index in [0.29, 0.717) is 22.3 Å². The van der Waals surface area contributed by atoms with Crippen LogP contribution in [0.15, 0.2) is 42.5 Å². The van der Waals surface area contributed by atoms with Crippen molar-refractivity contribution in [1.29, 1.82) is 0 Å². The van der Waals surface area contributed by atoms with Gasteiger partial charge in [0.2, 0.25) is 0 Å². The topological polar surface area (TPSA) is 34.9 Å². The molecule has 4 rings (SSSR count). The van der Waals surface area contributed by atoms with Crippen LogP contribution in [0.5, 0.6) is 0 Å². The molecule has 0 radical (unpaired) electrons. The predicted molar refractivity (Wildman–Crippen MR) is 67.7 cm³/mol. The fourth-order valence-corrected chi connectivity index (χ4v) is 3.13. The Kier molecular flexibility index (Phi) is 2.34. The molecule has 95 valence electrons. The van der Waals surface area contributed by atoms with Crippen LogP contribution in [-0.2, 0) is 17.0 Å². The first-order valence-electron chi connectivity index (χ1n) is 6.05. The van der Waals surface area contributed by atoms with Gasteiger partial charge in [-0.1, -0.05) is 0 Å². The van der Waals surface area contributed by atoms with Gasteiger partial charge in [0.15, 0.2) is 0 Å². The molecule has 20 heavy (non-hydrogen) atoms. The van der Waals surface area contributed by atoms with Crippen LogP contribution in [0.3, 0.4) is 0 Å². The van der Waals surface area contributed by atoms with Gasteiger partial charge in [-0.2, -0.15) is 0 Å². The molecule has 0 amide bonds. The number of para-hydroxylation sites is 1. The average Bonchev–Trinajstić information content (AvgIpc) is 2.74. The number of carbonyl (C=O) groups excluding carboxylic acids is 1. The van der Waals surface area contributed by atoms with E-state index in [1.807, 2.05) is 18.2 Å². The normalized spacial score (nSPS) is 12.5. The molecule has 1 aromatic heterocycles. The minimum absolute atomic E-state index is 0.0980. The summed E-state index contributed by atoms with van der Waals surface area (Å²) in [4.78, 5) is 16.8. The number of hydrogen-bond donors (Lipinski definition) is 0. The molecule has 0 saturated heterocycles. The van der Waals surface area contributed by atoms with E-state index < -0.39 is 0 Å². The number of carbonyl (C=O) groups is 1. The molecule has 0 atom stereocenters. The third kappa shape index (κ3) is 1.43. The second-order valence-electron chi connectivity index (χ2n) is 4.60. The molecule has 2 aromatic carbocycles. The van der Waals surface area contributed by atoms with Crippen molar-refractivity contribution in [1.82, 2.24) is 9.55 Å². The number of ketones is 1. The van der Waals surface area contributed by atoms with E-state index in [2.05, 4.69) is 22.0 Å². The van der Waals surface area contributed by atoms with E-state index in [1.54, 1.807) is 16.7 Å². The number of hydrogen-bond acceptors (Lipinski definition) is 2. The van der Waals surface area contributed by atoms with Gasteiger partial charge < -0.3 is 0 Å². The molecule has 0 N–H and O–H groups in total. The molecule has 1 aliphatic rings. The molecular weight excluding hydrogens is 294 g/mol. The molecule has 1 aliphatic heterocycles. The number of nitrogens with zero attached hydrogens (tertiary/aromatic N) is 2. The van der Waals surface area contributed by atoms with Crippen molar-refractivity contribution < 1.29 is 26.2 Å². The summed E-state index contributed by atoms with van der Waals surface area (Å²) in [7, 11) is 0. The molecule has 3 aromatic rings. The number of benzene rings is 2. The fraction of sp³-hybridized carbons (Fsp3) is 0. The number of aromatic nitrogens is 2. The molecule has 0 unspecified atom stereocenters. The van der Waals surface area contributed by atoms with Gasteiger partial charge in [-0.05, 0) is 0 Å². The second-order valence-corrected chi connectivity index (χ2v) is 5.26. The van der Waals surface area contributed by atoms with Crippen LogP contribution in [-0.4, -0.2) is 15.3 Å². The summed E-state index contributed by atoms with van der Waals surface area (Å²) in [5.74, 6) is -0.0372.